The van der Waals surface area contributed by atoms with Crippen LogP contribution in [0.3, 0.4) is 0 Å². The van der Waals surface area contributed by atoms with Gasteiger partial charge in [-0.25, -0.2) is 0 Å². The fourth-order valence-corrected chi connectivity index (χ4v) is 1.38. The monoisotopic (exact) mass is 125 g/mol. The van der Waals surface area contributed by atoms with Gasteiger partial charge < -0.3 is 5.32 Å². The Labute approximate surface area is 57.1 Å². The van der Waals surface area contributed by atoms with Gasteiger partial charge in [0.2, 0.25) is 0 Å². The third-order valence-electron chi connectivity index (χ3n) is 2.15. The van der Waals surface area contributed by atoms with Gasteiger partial charge in [-0.05, 0) is 31.3 Å². The highest BCUT2D eigenvalue weighted by Crippen LogP contribution is 2.18. The summed E-state index contributed by atoms with van der Waals surface area (Å²) in [6.45, 7) is 8.41. The maximum Gasteiger partial charge on any atom is -0.00175 e. The lowest BCUT2D eigenvalue weighted by Crippen LogP contribution is -2.33. The van der Waals surface area contributed by atoms with E-state index in [0.717, 1.165) is 18.4 Å². The predicted octanol–water partition coefficient (Wildman–Crippen LogP) is 1.42. The SMILES string of the molecule is C=CC1CCNCC1C. The van der Waals surface area contributed by atoms with E-state index in [9.17, 15) is 0 Å². The topological polar surface area (TPSA) is 12.0 Å². The van der Waals surface area contributed by atoms with Crippen LogP contribution in [0.25, 0.3) is 0 Å². The van der Waals surface area contributed by atoms with Gasteiger partial charge in [0.15, 0.2) is 0 Å². The van der Waals surface area contributed by atoms with Crippen LogP contribution < -0.4 is 5.32 Å². The first-order valence-electron chi connectivity index (χ1n) is 3.68. The summed E-state index contributed by atoms with van der Waals surface area (Å²) in [5.74, 6) is 1.54. The molecule has 9 heavy (non-hydrogen) atoms. The number of rotatable bonds is 1. The molecule has 0 amide bonds. The van der Waals surface area contributed by atoms with E-state index in [1.54, 1.807) is 0 Å². The van der Waals surface area contributed by atoms with Gasteiger partial charge in [0.1, 0.15) is 0 Å². The van der Waals surface area contributed by atoms with Crippen LogP contribution in [0.4, 0.5) is 0 Å². The molecular weight excluding hydrogens is 110 g/mol. The van der Waals surface area contributed by atoms with Crippen molar-refractivity contribution in [3.63, 3.8) is 0 Å². The molecule has 0 aromatic carbocycles. The van der Waals surface area contributed by atoms with Gasteiger partial charge in [-0.1, -0.05) is 13.0 Å². The molecule has 1 aliphatic heterocycles. The van der Waals surface area contributed by atoms with Crippen LogP contribution in [0.2, 0.25) is 0 Å². The minimum atomic E-state index is 0.756. The fraction of sp³-hybridized carbons (Fsp3) is 0.750. The normalized spacial score (nSPS) is 36.1. The molecule has 0 aromatic heterocycles. The summed E-state index contributed by atoms with van der Waals surface area (Å²) in [7, 11) is 0. The molecule has 1 fully saturated rings. The van der Waals surface area contributed by atoms with Gasteiger partial charge in [0.25, 0.3) is 0 Å². The Bertz CT molecular complexity index is 98.7. The molecule has 0 saturated carbocycles. The Kier molecular flexibility index (Phi) is 2.29. The zero-order valence-electron chi connectivity index (χ0n) is 6.06. The van der Waals surface area contributed by atoms with Crippen LogP contribution in [0.15, 0.2) is 12.7 Å². The molecule has 2 unspecified atom stereocenters. The Morgan fingerprint density at radius 2 is 2.44 bits per heavy atom. The second-order valence-corrected chi connectivity index (χ2v) is 2.87. The molecule has 0 aliphatic carbocycles. The van der Waals surface area contributed by atoms with Crippen LogP contribution in [0, 0.1) is 11.8 Å². The third-order valence-corrected chi connectivity index (χ3v) is 2.15. The van der Waals surface area contributed by atoms with Crippen molar-refractivity contribution in [2.75, 3.05) is 13.1 Å². The van der Waals surface area contributed by atoms with Crippen molar-refractivity contribution in [2.45, 2.75) is 13.3 Å². The molecule has 1 saturated heterocycles. The molecule has 1 N–H and O–H groups in total. The quantitative estimate of drug-likeness (QED) is 0.523. The van der Waals surface area contributed by atoms with E-state index in [1.165, 1.54) is 13.0 Å². The molecule has 2 atom stereocenters. The van der Waals surface area contributed by atoms with Crippen LogP contribution in [-0.4, -0.2) is 13.1 Å². The van der Waals surface area contributed by atoms with E-state index in [-0.39, 0.29) is 0 Å². The van der Waals surface area contributed by atoms with Crippen LogP contribution in [0.1, 0.15) is 13.3 Å². The van der Waals surface area contributed by atoms with Crippen molar-refractivity contribution < 1.29 is 0 Å². The Morgan fingerprint density at radius 1 is 1.67 bits per heavy atom. The number of allylic oxidation sites excluding steroid dienone is 1. The lowest BCUT2D eigenvalue weighted by Gasteiger charge is -2.26. The van der Waals surface area contributed by atoms with Gasteiger partial charge in [-0.2, -0.15) is 0 Å². The number of hydrogen-bond donors (Lipinski definition) is 1. The first kappa shape index (κ1) is 6.81. The van der Waals surface area contributed by atoms with Gasteiger partial charge >= 0.3 is 0 Å². The van der Waals surface area contributed by atoms with Crippen molar-refractivity contribution >= 4 is 0 Å². The first-order valence-corrected chi connectivity index (χ1v) is 3.68. The fourth-order valence-electron chi connectivity index (χ4n) is 1.38. The minimum Gasteiger partial charge on any atom is -0.316 e. The van der Waals surface area contributed by atoms with Crippen molar-refractivity contribution in [3.05, 3.63) is 12.7 Å². The maximum atomic E-state index is 3.81. The van der Waals surface area contributed by atoms with Gasteiger partial charge in [-0.3, -0.25) is 0 Å². The van der Waals surface area contributed by atoms with E-state index in [1.807, 2.05) is 0 Å². The summed E-state index contributed by atoms with van der Waals surface area (Å²) in [6, 6.07) is 0. The zero-order valence-corrected chi connectivity index (χ0v) is 6.06. The Hall–Kier alpha value is -0.300. The smallest absolute Gasteiger partial charge is 0.00175 e. The maximum absolute atomic E-state index is 3.81. The highest BCUT2D eigenvalue weighted by Gasteiger charge is 2.16. The van der Waals surface area contributed by atoms with E-state index >= 15 is 0 Å². The van der Waals surface area contributed by atoms with Crippen LogP contribution >= 0.6 is 0 Å². The van der Waals surface area contributed by atoms with E-state index in [0.29, 0.717) is 0 Å². The zero-order chi connectivity index (χ0) is 6.69. The van der Waals surface area contributed by atoms with Crippen LogP contribution in [0.5, 0.6) is 0 Å². The average molecular weight is 125 g/mol. The number of piperidine rings is 1. The second kappa shape index (κ2) is 3.02. The molecule has 1 nitrogen and oxygen atoms in total. The first-order chi connectivity index (χ1) is 4.34. The summed E-state index contributed by atoms with van der Waals surface area (Å²) < 4.78 is 0. The van der Waals surface area contributed by atoms with Crippen molar-refractivity contribution in [2.24, 2.45) is 11.8 Å². The molecule has 0 spiro atoms. The van der Waals surface area contributed by atoms with Crippen LogP contribution in [-0.2, 0) is 0 Å². The molecule has 1 rings (SSSR count). The lowest BCUT2D eigenvalue weighted by molar-refractivity contribution is 0.326. The number of nitrogens with one attached hydrogen (secondary N) is 1. The standard InChI is InChI=1S/C8H15N/c1-3-8-4-5-9-6-7(8)2/h3,7-9H,1,4-6H2,2H3. The Morgan fingerprint density at radius 3 is 2.89 bits per heavy atom. The summed E-state index contributed by atoms with van der Waals surface area (Å²) in [4.78, 5) is 0. The second-order valence-electron chi connectivity index (χ2n) is 2.87. The summed E-state index contributed by atoms with van der Waals surface area (Å²) >= 11 is 0. The summed E-state index contributed by atoms with van der Waals surface area (Å²) in [6.07, 6.45) is 3.36. The largest absolute Gasteiger partial charge is 0.316 e. The van der Waals surface area contributed by atoms with Gasteiger partial charge in [0, 0.05) is 0 Å². The van der Waals surface area contributed by atoms with Crippen molar-refractivity contribution in [3.8, 4) is 0 Å². The molecule has 1 aliphatic rings. The molecule has 1 heteroatoms. The van der Waals surface area contributed by atoms with E-state index < -0.39 is 0 Å². The van der Waals surface area contributed by atoms with E-state index in [4.69, 9.17) is 0 Å². The highest BCUT2D eigenvalue weighted by atomic mass is 14.9. The summed E-state index contributed by atoms with van der Waals surface area (Å²) in [5, 5.41) is 3.35. The molecule has 0 radical (unpaired) electrons. The highest BCUT2D eigenvalue weighted by molar-refractivity contribution is 4.86. The van der Waals surface area contributed by atoms with Crippen molar-refractivity contribution in [1.82, 2.24) is 5.32 Å². The van der Waals surface area contributed by atoms with Gasteiger partial charge in [0.05, 0.1) is 0 Å². The Balaban J connectivity index is 2.38. The minimum absolute atomic E-state index is 0.756. The lowest BCUT2D eigenvalue weighted by atomic mass is 9.88. The molecule has 0 bridgehead atoms. The molecule has 52 valence electrons. The molecule has 0 aromatic rings. The molecule has 1 heterocycles. The van der Waals surface area contributed by atoms with E-state index in [2.05, 4.69) is 24.9 Å². The number of hydrogen-bond acceptors (Lipinski definition) is 1. The predicted molar refractivity (Wildman–Crippen MR) is 40.3 cm³/mol. The van der Waals surface area contributed by atoms with Gasteiger partial charge in [-0.15, -0.1) is 6.58 Å². The van der Waals surface area contributed by atoms with Crippen molar-refractivity contribution in [1.29, 1.82) is 0 Å². The average Bonchev–Trinajstić information content (AvgIpc) is 1.89. The summed E-state index contributed by atoms with van der Waals surface area (Å²) in [5.41, 5.74) is 0. The molecular formula is C8H15N. The third kappa shape index (κ3) is 1.55.